The monoisotopic (exact) mass is 280 g/mol. The lowest BCUT2D eigenvalue weighted by Gasteiger charge is -2.10. The van der Waals surface area contributed by atoms with Gasteiger partial charge in [-0.25, -0.2) is 4.98 Å². The number of nitrogens with zero attached hydrogens (tertiary/aromatic N) is 1. The molecule has 0 saturated heterocycles. The molecule has 3 aromatic rings. The third kappa shape index (κ3) is 2.65. The molecule has 4 heteroatoms. The van der Waals surface area contributed by atoms with Gasteiger partial charge in [-0.05, 0) is 43.2 Å². The number of carbonyl (C=O) groups is 1. The number of ether oxygens (including phenoxy) is 1. The molecule has 0 bridgehead atoms. The van der Waals surface area contributed by atoms with Gasteiger partial charge in [0.25, 0.3) is 0 Å². The number of benzene rings is 2. The SMILES string of the molecule is Cc1cccc(C)c1OCc1nc2ccc(C=O)cc2[nH]1. The number of aromatic amines is 1. The van der Waals surface area contributed by atoms with E-state index in [0.29, 0.717) is 12.2 Å². The lowest BCUT2D eigenvalue weighted by molar-refractivity contribution is 0.112. The summed E-state index contributed by atoms with van der Waals surface area (Å²) in [5.41, 5.74) is 4.53. The van der Waals surface area contributed by atoms with Crippen LogP contribution in [0.15, 0.2) is 36.4 Å². The highest BCUT2D eigenvalue weighted by Crippen LogP contribution is 2.23. The lowest BCUT2D eigenvalue weighted by Crippen LogP contribution is -2.00. The van der Waals surface area contributed by atoms with Crippen LogP contribution >= 0.6 is 0 Å². The smallest absolute Gasteiger partial charge is 0.150 e. The first-order chi connectivity index (χ1) is 10.2. The standard InChI is InChI=1S/C17H16N2O2/c1-11-4-3-5-12(2)17(11)21-10-16-18-14-7-6-13(9-20)8-15(14)19-16/h3-9H,10H2,1-2H3,(H,18,19). The molecule has 106 valence electrons. The van der Waals surface area contributed by atoms with Crippen molar-refractivity contribution in [1.82, 2.24) is 9.97 Å². The van der Waals surface area contributed by atoms with E-state index in [4.69, 9.17) is 4.74 Å². The number of carbonyl (C=O) groups excluding carboxylic acids is 1. The van der Waals surface area contributed by atoms with Gasteiger partial charge in [-0.1, -0.05) is 18.2 Å². The summed E-state index contributed by atoms with van der Waals surface area (Å²) in [6.07, 6.45) is 0.827. The molecule has 4 nitrogen and oxygen atoms in total. The van der Waals surface area contributed by atoms with Crippen LogP contribution in [-0.4, -0.2) is 16.3 Å². The molecule has 0 aliphatic rings. The second-order valence-electron chi connectivity index (χ2n) is 5.09. The number of para-hydroxylation sites is 1. The molecule has 0 atom stereocenters. The van der Waals surface area contributed by atoms with E-state index in [0.717, 1.165) is 40.0 Å². The van der Waals surface area contributed by atoms with Crippen molar-refractivity contribution in [3.05, 3.63) is 58.9 Å². The van der Waals surface area contributed by atoms with E-state index in [2.05, 4.69) is 9.97 Å². The number of rotatable bonds is 4. The summed E-state index contributed by atoms with van der Waals surface area (Å²) in [5, 5.41) is 0. The molecule has 1 aromatic heterocycles. The van der Waals surface area contributed by atoms with Gasteiger partial charge in [0.15, 0.2) is 0 Å². The van der Waals surface area contributed by atoms with Gasteiger partial charge in [0.1, 0.15) is 24.5 Å². The molecule has 0 saturated carbocycles. The summed E-state index contributed by atoms with van der Waals surface area (Å²) in [5.74, 6) is 1.64. The van der Waals surface area contributed by atoms with Crippen LogP contribution in [0.3, 0.4) is 0 Å². The fraction of sp³-hybridized carbons (Fsp3) is 0.176. The quantitative estimate of drug-likeness (QED) is 0.743. The topological polar surface area (TPSA) is 55.0 Å². The predicted octanol–water partition coefficient (Wildman–Crippen LogP) is 3.57. The average molecular weight is 280 g/mol. The largest absolute Gasteiger partial charge is 0.485 e. The molecule has 0 unspecified atom stereocenters. The van der Waals surface area contributed by atoms with Gasteiger partial charge in [-0.2, -0.15) is 0 Å². The number of hydrogen-bond donors (Lipinski definition) is 1. The number of aldehydes is 1. The number of hydrogen-bond acceptors (Lipinski definition) is 3. The fourth-order valence-corrected chi connectivity index (χ4v) is 2.39. The van der Waals surface area contributed by atoms with E-state index in [-0.39, 0.29) is 0 Å². The van der Waals surface area contributed by atoms with Crippen LogP contribution in [0.4, 0.5) is 0 Å². The van der Waals surface area contributed by atoms with E-state index in [1.54, 1.807) is 12.1 Å². The molecular weight excluding hydrogens is 264 g/mol. The molecule has 0 spiro atoms. The Morgan fingerprint density at radius 2 is 1.95 bits per heavy atom. The summed E-state index contributed by atoms with van der Waals surface area (Å²) in [6, 6.07) is 11.4. The third-order valence-electron chi connectivity index (χ3n) is 3.45. The Kier molecular flexibility index (Phi) is 3.44. The summed E-state index contributed by atoms with van der Waals surface area (Å²) in [7, 11) is 0. The Balaban J connectivity index is 1.83. The first-order valence-corrected chi connectivity index (χ1v) is 6.80. The van der Waals surface area contributed by atoms with E-state index >= 15 is 0 Å². The minimum absolute atomic E-state index is 0.372. The minimum atomic E-state index is 0.372. The van der Waals surface area contributed by atoms with E-state index < -0.39 is 0 Å². The Labute approximate surface area is 122 Å². The van der Waals surface area contributed by atoms with Crippen molar-refractivity contribution in [2.75, 3.05) is 0 Å². The summed E-state index contributed by atoms with van der Waals surface area (Å²) < 4.78 is 5.88. The number of imidazole rings is 1. The maximum absolute atomic E-state index is 10.8. The van der Waals surface area contributed by atoms with E-state index in [9.17, 15) is 4.79 Å². The molecule has 0 aliphatic carbocycles. The van der Waals surface area contributed by atoms with Gasteiger partial charge < -0.3 is 9.72 Å². The Hall–Kier alpha value is -2.62. The van der Waals surface area contributed by atoms with Gasteiger partial charge in [0.2, 0.25) is 0 Å². The molecule has 1 heterocycles. The maximum atomic E-state index is 10.8. The second-order valence-corrected chi connectivity index (χ2v) is 5.09. The molecule has 0 fully saturated rings. The zero-order chi connectivity index (χ0) is 14.8. The number of fused-ring (bicyclic) bond motifs is 1. The molecule has 3 rings (SSSR count). The number of nitrogens with one attached hydrogen (secondary N) is 1. The van der Waals surface area contributed by atoms with Crippen molar-refractivity contribution < 1.29 is 9.53 Å². The highest BCUT2D eigenvalue weighted by atomic mass is 16.5. The number of aryl methyl sites for hydroxylation is 2. The summed E-state index contributed by atoms with van der Waals surface area (Å²) >= 11 is 0. The Morgan fingerprint density at radius 1 is 1.19 bits per heavy atom. The molecule has 21 heavy (non-hydrogen) atoms. The van der Waals surface area contributed by atoms with Crippen molar-refractivity contribution in [3.8, 4) is 5.75 Å². The van der Waals surface area contributed by atoms with Gasteiger partial charge in [-0.15, -0.1) is 0 Å². The summed E-state index contributed by atoms with van der Waals surface area (Å²) in [6.45, 7) is 4.42. The van der Waals surface area contributed by atoms with E-state index in [1.165, 1.54) is 0 Å². The maximum Gasteiger partial charge on any atom is 0.150 e. The van der Waals surface area contributed by atoms with Gasteiger partial charge in [0, 0.05) is 5.56 Å². The van der Waals surface area contributed by atoms with Gasteiger partial charge in [0.05, 0.1) is 11.0 Å². The molecule has 2 aromatic carbocycles. The molecular formula is C17H16N2O2. The zero-order valence-electron chi connectivity index (χ0n) is 12.0. The van der Waals surface area contributed by atoms with Crippen molar-refractivity contribution >= 4 is 17.3 Å². The Bertz CT molecular complexity index is 785. The number of H-pyrrole nitrogens is 1. The number of aromatic nitrogens is 2. The van der Waals surface area contributed by atoms with Crippen LogP contribution in [-0.2, 0) is 6.61 Å². The molecule has 1 N–H and O–H groups in total. The van der Waals surface area contributed by atoms with Crippen LogP contribution in [0.5, 0.6) is 5.75 Å². The highest BCUT2D eigenvalue weighted by Gasteiger charge is 2.07. The van der Waals surface area contributed by atoms with Gasteiger partial charge >= 0.3 is 0 Å². The third-order valence-corrected chi connectivity index (χ3v) is 3.45. The second kappa shape index (κ2) is 5.40. The van der Waals surface area contributed by atoms with Crippen LogP contribution in [0, 0.1) is 13.8 Å². The molecule has 0 radical (unpaired) electrons. The molecule has 0 amide bonds. The van der Waals surface area contributed by atoms with Gasteiger partial charge in [-0.3, -0.25) is 4.79 Å². The lowest BCUT2D eigenvalue weighted by atomic mass is 10.1. The van der Waals surface area contributed by atoms with E-state index in [1.807, 2.05) is 38.1 Å². The van der Waals surface area contributed by atoms with Crippen LogP contribution < -0.4 is 4.74 Å². The minimum Gasteiger partial charge on any atom is -0.485 e. The molecule has 0 aliphatic heterocycles. The zero-order valence-corrected chi connectivity index (χ0v) is 12.0. The first-order valence-electron chi connectivity index (χ1n) is 6.80. The predicted molar refractivity (Wildman–Crippen MR) is 81.7 cm³/mol. The average Bonchev–Trinajstić information content (AvgIpc) is 2.88. The first kappa shape index (κ1) is 13.4. The van der Waals surface area contributed by atoms with Crippen molar-refractivity contribution in [1.29, 1.82) is 0 Å². The normalized spacial score (nSPS) is 10.8. The highest BCUT2D eigenvalue weighted by molar-refractivity contribution is 5.84. The van der Waals surface area contributed by atoms with Crippen molar-refractivity contribution in [2.24, 2.45) is 0 Å². The Morgan fingerprint density at radius 3 is 2.67 bits per heavy atom. The van der Waals surface area contributed by atoms with Crippen molar-refractivity contribution in [3.63, 3.8) is 0 Å². The van der Waals surface area contributed by atoms with Crippen molar-refractivity contribution in [2.45, 2.75) is 20.5 Å². The summed E-state index contributed by atoms with van der Waals surface area (Å²) in [4.78, 5) is 18.4. The van der Waals surface area contributed by atoms with Crippen LogP contribution in [0.2, 0.25) is 0 Å². The van der Waals surface area contributed by atoms with Crippen LogP contribution in [0.1, 0.15) is 27.3 Å². The van der Waals surface area contributed by atoms with Crippen LogP contribution in [0.25, 0.3) is 11.0 Å². The fourth-order valence-electron chi connectivity index (χ4n) is 2.39.